The number of benzene rings is 1. The summed E-state index contributed by atoms with van der Waals surface area (Å²) in [5.74, 6) is 1.62. The SMILES string of the molecule is CCC(=CC(C(C)C)N(C(=O)[C@@H]1CN(C)C[C@H]1c1ccc(OC)cc1)[C@@H](CC)COC)C1CCCCC(C(=O)OC)CC1. The minimum absolute atomic E-state index is 0.00898. The van der Waals surface area contributed by atoms with Gasteiger partial charge in [0.25, 0.3) is 0 Å². The maximum absolute atomic E-state index is 14.9. The molecule has 7 heteroatoms. The summed E-state index contributed by atoms with van der Waals surface area (Å²) in [6.07, 6.45) is 10.3. The number of hydrogen-bond donors (Lipinski definition) is 0. The van der Waals surface area contributed by atoms with Crippen molar-refractivity contribution < 1.29 is 23.8 Å². The highest BCUT2D eigenvalue weighted by Crippen LogP contribution is 2.38. The maximum Gasteiger partial charge on any atom is 0.308 e. The van der Waals surface area contributed by atoms with Gasteiger partial charge in [-0.2, -0.15) is 0 Å². The number of esters is 1. The van der Waals surface area contributed by atoms with Crippen molar-refractivity contribution in [3.63, 3.8) is 0 Å². The standard InChI is InChI=1S/C36H58N2O5/c1-9-26(27-13-11-12-14-29(16-15-27)36(40)43-8)21-34(25(3)4)38(30(10-2)24-41-6)35(39)33-23-37(5)22-32(33)28-17-19-31(42-7)20-18-28/h17-21,25,27,29-30,32-34H,9-16,22-24H2,1-8H3/t27?,29?,30-,32-,33+,34?/m0/s1. The summed E-state index contributed by atoms with van der Waals surface area (Å²) in [6, 6.07) is 8.18. The zero-order valence-electron chi connectivity index (χ0n) is 28.1. The first-order valence-corrected chi connectivity index (χ1v) is 16.6. The number of ether oxygens (including phenoxy) is 3. The summed E-state index contributed by atoms with van der Waals surface area (Å²) in [4.78, 5) is 31.7. The first-order valence-electron chi connectivity index (χ1n) is 16.6. The molecular formula is C36H58N2O5. The van der Waals surface area contributed by atoms with Crippen LogP contribution in [0.25, 0.3) is 0 Å². The van der Waals surface area contributed by atoms with Gasteiger partial charge in [0.1, 0.15) is 5.75 Å². The molecule has 0 spiro atoms. The molecule has 1 amide bonds. The second kappa shape index (κ2) is 17.2. The van der Waals surface area contributed by atoms with E-state index in [1.165, 1.54) is 18.2 Å². The second-order valence-corrected chi connectivity index (χ2v) is 13.1. The highest BCUT2D eigenvalue weighted by Gasteiger charge is 2.43. The quantitative estimate of drug-likeness (QED) is 0.186. The lowest BCUT2D eigenvalue weighted by molar-refractivity contribution is -0.146. The first-order chi connectivity index (χ1) is 20.7. The lowest BCUT2D eigenvalue weighted by Crippen LogP contribution is -2.53. The molecule has 7 nitrogen and oxygen atoms in total. The summed E-state index contributed by atoms with van der Waals surface area (Å²) < 4.78 is 16.2. The Balaban J connectivity index is 1.98. The van der Waals surface area contributed by atoms with Gasteiger partial charge in [0.2, 0.25) is 5.91 Å². The highest BCUT2D eigenvalue weighted by atomic mass is 16.5. The van der Waals surface area contributed by atoms with Gasteiger partial charge in [0.15, 0.2) is 0 Å². The predicted octanol–water partition coefficient (Wildman–Crippen LogP) is 6.71. The Hall–Kier alpha value is -2.38. The van der Waals surface area contributed by atoms with E-state index in [-0.39, 0.29) is 47.6 Å². The molecular weight excluding hydrogens is 540 g/mol. The van der Waals surface area contributed by atoms with Crippen molar-refractivity contribution in [2.24, 2.45) is 23.7 Å². The van der Waals surface area contributed by atoms with Crippen LogP contribution >= 0.6 is 0 Å². The maximum atomic E-state index is 14.9. The number of likely N-dealkylation sites (N-methyl/N-ethyl adjacent to an activating group) is 1. The third-order valence-electron chi connectivity index (χ3n) is 9.92. The normalized spacial score (nSPS) is 25.1. The van der Waals surface area contributed by atoms with Crippen LogP contribution in [0.1, 0.15) is 90.5 Å². The molecule has 1 aliphatic carbocycles. The Labute approximate surface area is 261 Å². The van der Waals surface area contributed by atoms with Crippen molar-refractivity contribution >= 4 is 11.9 Å². The molecule has 0 radical (unpaired) electrons. The predicted molar refractivity (Wildman–Crippen MR) is 173 cm³/mol. The fourth-order valence-electron chi connectivity index (χ4n) is 7.39. The molecule has 242 valence electrons. The molecule has 2 aliphatic rings. The van der Waals surface area contributed by atoms with E-state index >= 15 is 0 Å². The molecule has 43 heavy (non-hydrogen) atoms. The minimum atomic E-state index is -0.133. The van der Waals surface area contributed by atoms with E-state index in [0.29, 0.717) is 12.5 Å². The van der Waals surface area contributed by atoms with Crippen LogP contribution in [0.3, 0.4) is 0 Å². The van der Waals surface area contributed by atoms with E-state index in [9.17, 15) is 9.59 Å². The average molecular weight is 599 g/mol. The third-order valence-corrected chi connectivity index (χ3v) is 9.92. The molecule has 1 saturated heterocycles. The van der Waals surface area contributed by atoms with Gasteiger partial charge in [-0.05, 0) is 75.1 Å². The molecule has 1 heterocycles. The van der Waals surface area contributed by atoms with Gasteiger partial charge in [-0.3, -0.25) is 9.59 Å². The van der Waals surface area contributed by atoms with Crippen LogP contribution in [0.2, 0.25) is 0 Å². The Kier molecular flexibility index (Phi) is 14.0. The second-order valence-electron chi connectivity index (χ2n) is 13.1. The zero-order valence-corrected chi connectivity index (χ0v) is 28.1. The minimum Gasteiger partial charge on any atom is -0.497 e. The summed E-state index contributed by atoms with van der Waals surface area (Å²) in [7, 11) is 7.03. The summed E-state index contributed by atoms with van der Waals surface area (Å²) in [5.41, 5.74) is 2.60. The molecule has 3 rings (SSSR count). The topological polar surface area (TPSA) is 68.3 Å². The van der Waals surface area contributed by atoms with Gasteiger partial charge in [0.05, 0.1) is 44.7 Å². The number of allylic oxidation sites excluding steroid dienone is 1. The van der Waals surface area contributed by atoms with E-state index in [0.717, 1.165) is 70.2 Å². The van der Waals surface area contributed by atoms with Gasteiger partial charge in [-0.15, -0.1) is 0 Å². The number of amides is 1. The van der Waals surface area contributed by atoms with E-state index in [1.54, 1.807) is 14.2 Å². The molecule has 1 aromatic carbocycles. The van der Waals surface area contributed by atoms with Gasteiger partial charge >= 0.3 is 5.97 Å². The van der Waals surface area contributed by atoms with Gasteiger partial charge in [-0.25, -0.2) is 0 Å². The number of nitrogens with zero attached hydrogens (tertiary/aromatic N) is 2. The number of hydrogen-bond acceptors (Lipinski definition) is 6. The van der Waals surface area contributed by atoms with Crippen LogP contribution in [-0.4, -0.2) is 81.8 Å². The summed E-state index contributed by atoms with van der Waals surface area (Å²) in [6.45, 7) is 11.0. The monoisotopic (exact) mass is 598 g/mol. The lowest BCUT2D eigenvalue weighted by atomic mass is 9.79. The molecule has 6 atom stereocenters. The van der Waals surface area contributed by atoms with E-state index in [2.05, 4.69) is 62.8 Å². The van der Waals surface area contributed by atoms with Gasteiger partial charge in [0, 0.05) is 26.1 Å². The van der Waals surface area contributed by atoms with Crippen LogP contribution in [0.15, 0.2) is 35.9 Å². The summed E-state index contributed by atoms with van der Waals surface area (Å²) >= 11 is 0. The molecule has 0 bridgehead atoms. The smallest absolute Gasteiger partial charge is 0.308 e. The van der Waals surface area contributed by atoms with Gasteiger partial charge in [-0.1, -0.05) is 64.3 Å². The molecule has 2 fully saturated rings. The highest BCUT2D eigenvalue weighted by molar-refractivity contribution is 5.81. The van der Waals surface area contributed by atoms with Crippen molar-refractivity contribution in [2.45, 2.75) is 97.1 Å². The number of likely N-dealkylation sites (tertiary alicyclic amines) is 1. The zero-order chi connectivity index (χ0) is 31.5. The third kappa shape index (κ3) is 9.07. The molecule has 3 unspecified atom stereocenters. The van der Waals surface area contributed by atoms with Gasteiger partial charge < -0.3 is 24.0 Å². The molecule has 1 aromatic rings. The van der Waals surface area contributed by atoms with E-state index in [1.807, 2.05) is 12.1 Å². The average Bonchev–Trinajstić information content (AvgIpc) is 3.39. The van der Waals surface area contributed by atoms with Crippen LogP contribution in [0.4, 0.5) is 0 Å². The Morgan fingerprint density at radius 3 is 2.19 bits per heavy atom. The van der Waals surface area contributed by atoms with Crippen LogP contribution < -0.4 is 4.74 Å². The number of carbonyl (C=O) groups is 2. The Morgan fingerprint density at radius 1 is 0.977 bits per heavy atom. The van der Waals surface area contributed by atoms with Crippen molar-refractivity contribution in [3.8, 4) is 5.75 Å². The number of carbonyl (C=O) groups excluding carboxylic acids is 2. The molecule has 0 aromatic heterocycles. The van der Waals surface area contributed by atoms with Crippen LogP contribution in [-0.2, 0) is 19.1 Å². The van der Waals surface area contributed by atoms with Crippen molar-refractivity contribution in [1.29, 1.82) is 0 Å². The molecule has 0 N–H and O–H groups in total. The molecule has 1 saturated carbocycles. The fraction of sp³-hybridized carbons (Fsp3) is 0.722. The molecule has 1 aliphatic heterocycles. The lowest BCUT2D eigenvalue weighted by Gasteiger charge is -2.41. The first kappa shape index (κ1) is 35.1. The van der Waals surface area contributed by atoms with Crippen LogP contribution in [0, 0.1) is 23.7 Å². The van der Waals surface area contributed by atoms with E-state index < -0.39 is 0 Å². The van der Waals surface area contributed by atoms with Crippen molar-refractivity contribution in [3.05, 3.63) is 41.5 Å². The summed E-state index contributed by atoms with van der Waals surface area (Å²) in [5, 5.41) is 0. The van der Waals surface area contributed by atoms with Crippen molar-refractivity contribution in [2.75, 3.05) is 48.1 Å². The number of methoxy groups -OCH3 is 3. The number of rotatable bonds is 13. The Bertz CT molecular complexity index is 1040. The Morgan fingerprint density at radius 2 is 1.63 bits per heavy atom. The largest absolute Gasteiger partial charge is 0.497 e. The van der Waals surface area contributed by atoms with E-state index in [4.69, 9.17) is 14.2 Å². The van der Waals surface area contributed by atoms with Crippen molar-refractivity contribution in [1.82, 2.24) is 9.80 Å². The fourth-order valence-corrected chi connectivity index (χ4v) is 7.39. The van der Waals surface area contributed by atoms with Crippen LogP contribution in [0.5, 0.6) is 5.75 Å².